The molecule has 1 aliphatic heterocycles. The lowest BCUT2D eigenvalue weighted by molar-refractivity contribution is -0.0690. The predicted octanol–water partition coefficient (Wildman–Crippen LogP) is 1.14. The molecular formula is C9H12F2N2O2. The summed E-state index contributed by atoms with van der Waals surface area (Å²) in [6.07, 6.45) is 1.43. The van der Waals surface area contributed by atoms with E-state index < -0.39 is 12.5 Å². The number of halogens is 2. The van der Waals surface area contributed by atoms with Gasteiger partial charge in [-0.15, -0.1) is 0 Å². The maximum Gasteiger partial charge on any atom is 0.283 e. The van der Waals surface area contributed by atoms with Crippen LogP contribution in [0, 0.1) is 0 Å². The lowest BCUT2D eigenvalue weighted by atomic mass is 10.3. The fourth-order valence-electron chi connectivity index (χ4n) is 1.55. The van der Waals surface area contributed by atoms with Gasteiger partial charge in [-0.05, 0) is 0 Å². The number of ether oxygens (including phenoxy) is 1. The van der Waals surface area contributed by atoms with Gasteiger partial charge in [-0.25, -0.2) is 8.78 Å². The van der Waals surface area contributed by atoms with Crippen LogP contribution < -0.4 is 0 Å². The molecule has 0 amide bonds. The monoisotopic (exact) mass is 218 g/mol. The standard InChI is InChI=1S/C9H12F2N2O2/c10-9(11)6-13(2-4-14-7-9)5-8-1-3-15-12-8/h1,3H,2,4-7H2. The molecule has 1 fully saturated rings. The van der Waals surface area contributed by atoms with E-state index in [-0.39, 0.29) is 6.54 Å². The molecule has 4 nitrogen and oxygen atoms in total. The molecule has 15 heavy (non-hydrogen) atoms. The average molecular weight is 218 g/mol. The highest BCUT2D eigenvalue weighted by Crippen LogP contribution is 2.19. The number of hydrogen-bond acceptors (Lipinski definition) is 4. The number of rotatable bonds is 2. The summed E-state index contributed by atoms with van der Waals surface area (Å²) >= 11 is 0. The minimum absolute atomic E-state index is 0.292. The van der Waals surface area contributed by atoms with Crippen molar-refractivity contribution in [2.24, 2.45) is 0 Å². The summed E-state index contributed by atoms with van der Waals surface area (Å²) < 4.78 is 35.7. The minimum atomic E-state index is -2.78. The topological polar surface area (TPSA) is 38.5 Å². The SMILES string of the molecule is FC1(F)COCCN(Cc2ccon2)C1. The number of nitrogens with zero attached hydrogens (tertiary/aromatic N) is 2. The highest BCUT2D eigenvalue weighted by Gasteiger charge is 2.34. The highest BCUT2D eigenvalue weighted by molar-refractivity contribution is 4.95. The summed E-state index contributed by atoms with van der Waals surface area (Å²) in [5.74, 6) is -2.78. The van der Waals surface area contributed by atoms with Crippen LogP contribution in [0.15, 0.2) is 16.9 Å². The Balaban J connectivity index is 1.96. The van der Waals surface area contributed by atoms with Crippen LogP contribution in [0.25, 0.3) is 0 Å². The lowest BCUT2D eigenvalue weighted by Crippen LogP contribution is -2.37. The Bertz CT molecular complexity index is 303. The van der Waals surface area contributed by atoms with Gasteiger partial charge in [0.15, 0.2) is 0 Å². The maximum atomic E-state index is 13.1. The van der Waals surface area contributed by atoms with E-state index in [4.69, 9.17) is 4.74 Å². The van der Waals surface area contributed by atoms with E-state index in [0.29, 0.717) is 25.4 Å². The second-order valence-corrected chi connectivity index (χ2v) is 3.61. The molecule has 1 saturated heterocycles. The summed E-state index contributed by atoms with van der Waals surface area (Å²) in [5.41, 5.74) is 0.660. The van der Waals surface area contributed by atoms with Gasteiger partial charge in [0.25, 0.3) is 5.92 Å². The molecule has 2 heterocycles. The quantitative estimate of drug-likeness (QED) is 0.746. The van der Waals surface area contributed by atoms with Gasteiger partial charge in [0.2, 0.25) is 0 Å². The van der Waals surface area contributed by atoms with Crippen LogP contribution in [0.4, 0.5) is 8.78 Å². The van der Waals surface area contributed by atoms with Crippen molar-refractivity contribution >= 4 is 0 Å². The molecule has 0 bridgehead atoms. The van der Waals surface area contributed by atoms with Crippen LogP contribution in [0.1, 0.15) is 5.69 Å². The fourth-order valence-corrected chi connectivity index (χ4v) is 1.55. The molecule has 0 aliphatic carbocycles. The van der Waals surface area contributed by atoms with Gasteiger partial charge in [-0.2, -0.15) is 0 Å². The first-order valence-electron chi connectivity index (χ1n) is 4.73. The normalized spacial score (nSPS) is 22.5. The van der Waals surface area contributed by atoms with E-state index in [2.05, 4.69) is 9.68 Å². The number of hydrogen-bond donors (Lipinski definition) is 0. The highest BCUT2D eigenvalue weighted by atomic mass is 19.3. The Kier molecular flexibility index (Phi) is 2.97. The third-order valence-corrected chi connectivity index (χ3v) is 2.20. The number of alkyl halides is 2. The maximum absolute atomic E-state index is 13.1. The molecule has 0 radical (unpaired) electrons. The van der Waals surface area contributed by atoms with Crippen molar-refractivity contribution in [3.8, 4) is 0 Å². The lowest BCUT2D eigenvalue weighted by Gasteiger charge is -2.21. The van der Waals surface area contributed by atoms with E-state index in [1.165, 1.54) is 6.26 Å². The third kappa shape index (κ3) is 2.97. The Morgan fingerprint density at radius 1 is 1.53 bits per heavy atom. The van der Waals surface area contributed by atoms with Crippen molar-refractivity contribution in [1.29, 1.82) is 0 Å². The van der Waals surface area contributed by atoms with Gasteiger partial charge in [-0.1, -0.05) is 5.16 Å². The second kappa shape index (κ2) is 4.24. The summed E-state index contributed by atoms with van der Waals surface area (Å²) in [7, 11) is 0. The van der Waals surface area contributed by atoms with Crippen LogP contribution in [-0.4, -0.2) is 42.3 Å². The molecule has 0 atom stereocenters. The molecule has 0 aromatic carbocycles. The first kappa shape index (κ1) is 10.5. The predicted molar refractivity (Wildman–Crippen MR) is 47.5 cm³/mol. The van der Waals surface area contributed by atoms with Crippen LogP contribution in [0.3, 0.4) is 0 Å². The van der Waals surface area contributed by atoms with Crippen LogP contribution in [0.5, 0.6) is 0 Å². The Hall–Kier alpha value is -1.01. The van der Waals surface area contributed by atoms with E-state index in [1.807, 2.05) is 0 Å². The molecule has 0 unspecified atom stereocenters. The minimum Gasteiger partial charge on any atom is -0.374 e. The van der Waals surface area contributed by atoms with Crippen molar-refractivity contribution in [1.82, 2.24) is 10.1 Å². The summed E-state index contributed by atoms with van der Waals surface area (Å²) in [6.45, 7) is 0.396. The second-order valence-electron chi connectivity index (χ2n) is 3.61. The molecule has 1 aromatic rings. The summed E-state index contributed by atoms with van der Waals surface area (Å²) in [5, 5.41) is 3.69. The zero-order valence-corrected chi connectivity index (χ0v) is 8.16. The van der Waals surface area contributed by atoms with Crippen molar-refractivity contribution in [3.63, 3.8) is 0 Å². The van der Waals surface area contributed by atoms with Gasteiger partial charge < -0.3 is 9.26 Å². The molecular weight excluding hydrogens is 206 g/mol. The summed E-state index contributed by atoms with van der Waals surface area (Å²) in [4.78, 5) is 1.62. The number of aromatic nitrogens is 1. The first-order valence-corrected chi connectivity index (χ1v) is 4.73. The van der Waals surface area contributed by atoms with E-state index in [9.17, 15) is 8.78 Å². The van der Waals surface area contributed by atoms with Crippen LogP contribution in [0.2, 0.25) is 0 Å². The molecule has 2 rings (SSSR count). The van der Waals surface area contributed by atoms with Gasteiger partial charge in [0, 0.05) is 19.2 Å². The molecule has 0 N–H and O–H groups in total. The van der Waals surface area contributed by atoms with Gasteiger partial charge >= 0.3 is 0 Å². The van der Waals surface area contributed by atoms with Gasteiger partial charge in [0.05, 0.1) is 18.8 Å². The molecule has 0 spiro atoms. The van der Waals surface area contributed by atoms with Gasteiger partial charge in [0.1, 0.15) is 12.9 Å². The zero-order chi connectivity index (χ0) is 10.7. The molecule has 84 valence electrons. The van der Waals surface area contributed by atoms with Crippen molar-refractivity contribution in [3.05, 3.63) is 18.0 Å². The smallest absolute Gasteiger partial charge is 0.283 e. The Labute approximate surface area is 85.8 Å². The molecule has 6 heteroatoms. The molecule has 1 aliphatic rings. The largest absolute Gasteiger partial charge is 0.374 e. The van der Waals surface area contributed by atoms with Crippen LogP contribution in [-0.2, 0) is 11.3 Å². The van der Waals surface area contributed by atoms with Gasteiger partial charge in [-0.3, -0.25) is 4.90 Å². The molecule has 0 saturated carbocycles. The van der Waals surface area contributed by atoms with Crippen molar-refractivity contribution in [2.45, 2.75) is 12.5 Å². The summed E-state index contributed by atoms with van der Waals surface area (Å²) in [6, 6.07) is 1.67. The van der Waals surface area contributed by atoms with E-state index in [0.717, 1.165) is 0 Å². The molecule has 1 aromatic heterocycles. The fraction of sp³-hybridized carbons (Fsp3) is 0.667. The van der Waals surface area contributed by atoms with E-state index >= 15 is 0 Å². The Morgan fingerprint density at radius 2 is 2.40 bits per heavy atom. The third-order valence-electron chi connectivity index (χ3n) is 2.20. The van der Waals surface area contributed by atoms with Crippen LogP contribution >= 0.6 is 0 Å². The first-order chi connectivity index (χ1) is 7.16. The Morgan fingerprint density at radius 3 is 3.13 bits per heavy atom. The van der Waals surface area contributed by atoms with E-state index in [1.54, 1.807) is 11.0 Å². The van der Waals surface area contributed by atoms with Crippen molar-refractivity contribution in [2.75, 3.05) is 26.3 Å². The average Bonchev–Trinajstić information content (AvgIpc) is 2.58. The van der Waals surface area contributed by atoms with Crippen molar-refractivity contribution < 1.29 is 18.0 Å². The zero-order valence-electron chi connectivity index (χ0n) is 8.16.